The standard InChI is InChI=1S/C15H23NO/c1-3-4-5-6-7-8-14-9-11-15(12-10-14)13(2)16-17/h9-12,17H,3-8H2,1-2H3/b16-13-. The maximum atomic E-state index is 8.67. The molecule has 0 saturated carbocycles. The molecule has 0 atom stereocenters. The van der Waals surface area contributed by atoms with Crippen molar-refractivity contribution >= 4 is 5.71 Å². The first kappa shape index (κ1) is 13.8. The van der Waals surface area contributed by atoms with Gasteiger partial charge >= 0.3 is 0 Å². The van der Waals surface area contributed by atoms with Gasteiger partial charge in [0.1, 0.15) is 0 Å². The molecule has 17 heavy (non-hydrogen) atoms. The van der Waals surface area contributed by atoms with Gasteiger partial charge in [0.2, 0.25) is 0 Å². The molecule has 2 nitrogen and oxygen atoms in total. The molecule has 0 unspecified atom stereocenters. The van der Waals surface area contributed by atoms with E-state index in [1.807, 2.05) is 12.1 Å². The number of hydrogen-bond donors (Lipinski definition) is 1. The van der Waals surface area contributed by atoms with Crippen LogP contribution >= 0.6 is 0 Å². The molecule has 0 saturated heterocycles. The van der Waals surface area contributed by atoms with Crippen LogP contribution in [0.4, 0.5) is 0 Å². The van der Waals surface area contributed by atoms with E-state index in [4.69, 9.17) is 5.21 Å². The van der Waals surface area contributed by atoms with Gasteiger partial charge in [0.05, 0.1) is 5.71 Å². The fourth-order valence-corrected chi connectivity index (χ4v) is 1.90. The highest BCUT2D eigenvalue weighted by molar-refractivity contribution is 5.98. The van der Waals surface area contributed by atoms with Gasteiger partial charge in [-0.2, -0.15) is 0 Å². The molecule has 0 fully saturated rings. The van der Waals surface area contributed by atoms with Gasteiger partial charge in [-0.1, -0.05) is 62.0 Å². The molecule has 1 N–H and O–H groups in total. The fraction of sp³-hybridized carbons (Fsp3) is 0.533. The topological polar surface area (TPSA) is 32.6 Å². The zero-order valence-electron chi connectivity index (χ0n) is 10.9. The smallest absolute Gasteiger partial charge is 0.0836 e. The van der Waals surface area contributed by atoms with Crippen molar-refractivity contribution in [3.63, 3.8) is 0 Å². The average Bonchev–Trinajstić information content (AvgIpc) is 2.38. The monoisotopic (exact) mass is 233 g/mol. The van der Waals surface area contributed by atoms with Gasteiger partial charge in [-0.25, -0.2) is 0 Å². The van der Waals surface area contributed by atoms with Gasteiger partial charge in [0.25, 0.3) is 0 Å². The van der Waals surface area contributed by atoms with Crippen molar-refractivity contribution in [1.82, 2.24) is 0 Å². The number of aryl methyl sites for hydroxylation is 1. The minimum absolute atomic E-state index is 0.666. The molecule has 0 heterocycles. The maximum Gasteiger partial charge on any atom is 0.0836 e. The lowest BCUT2D eigenvalue weighted by molar-refractivity contribution is 0.319. The van der Waals surface area contributed by atoms with E-state index in [-0.39, 0.29) is 0 Å². The summed E-state index contributed by atoms with van der Waals surface area (Å²) in [7, 11) is 0. The molecule has 0 aliphatic carbocycles. The molecule has 94 valence electrons. The fourth-order valence-electron chi connectivity index (χ4n) is 1.90. The van der Waals surface area contributed by atoms with Crippen molar-refractivity contribution in [2.75, 3.05) is 0 Å². The van der Waals surface area contributed by atoms with Crippen molar-refractivity contribution in [1.29, 1.82) is 0 Å². The Kier molecular flexibility index (Phi) is 6.38. The highest BCUT2D eigenvalue weighted by Crippen LogP contribution is 2.11. The van der Waals surface area contributed by atoms with Crippen LogP contribution in [-0.4, -0.2) is 10.9 Å². The average molecular weight is 233 g/mol. The van der Waals surface area contributed by atoms with Gasteiger partial charge in [-0.3, -0.25) is 0 Å². The molecule has 0 aliphatic heterocycles. The summed E-state index contributed by atoms with van der Waals surface area (Å²) in [5, 5.41) is 11.9. The van der Waals surface area contributed by atoms with E-state index in [1.165, 1.54) is 37.7 Å². The van der Waals surface area contributed by atoms with Crippen LogP contribution in [0.1, 0.15) is 57.1 Å². The summed E-state index contributed by atoms with van der Waals surface area (Å²) in [5.74, 6) is 0. The molecule has 1 aromatic rings. The summed E-state index contributed by atoms with van der Waals surface area (Å²) in [6.07, 6.45) is 7.75. The summed E-state index contributed by atoms with van der Waals surface area (Å²) in [4.78, 5) is 0. The normalized spacial score (nSPS) is 11.8. The zero-order chi connectivity index (χ0) is 12.5. The Labute approximate surface area is 104 Å². The minimum atomic E-state index is 0.666. The predicted octanol–water partition coefficient (Wildman–Crippen LogP) is 4.40. The van der Waals surface area contributed by atoms with Crippen molar-refractivity contribution in [3.05, 3.63) is 35.4 Å². The van der Waals surface area contributed by atoms with E-state index in [1.54, 1.807) is 6.92 Å². The molecule has 0 spiro atoms. The Morgan fingerprint density at radius 2 is 1.71 bits per heavy atom. The number of hydrogen-bond acceptors (Lipinski definition) is 2. The molecule has 1 rings (SSSR count). The maximum absolute atomic E-state index is 8.67. The van der Waals surface area contributed by atoms with E-state index in [0.29, 0.717) is 5.71 Å². The van der Waals surface area contributed by atoms with E-state index in [9.17, 15) is 0 Å². The Morgan fingerprint density at radius 1 is 1.06 bits per heavy atom. The molecule has 1 aromatic carbocycles. The molecular weight excluding hydrogens is 210 g/mol. The van der Waals surface area contributed by atoms with Gasteiger partial charge in [-0.15, -0.1) is 0 Å². The summed E-state index contributed by atoms with van der Waals surface area (Å²) in [6.45, 7) is 4.05. The van der Waals surface area contributed by atoms with Crippen molar-refractivity contribution in [2.24, 2.45) is 5.16 Å². The lowest BCUT2D eigenvalue weighted by atomic mass is 10.0. The number of unbranched alkanes of at least 4 members (excludes halogenated alkanes) is 4. The molecule has 0 radical (unpaired) electrons. The number of nitrogens with zero attached hydrogens (tertiary/aromatic N) is 1. The molecule has 0 aromatic heterocycles. The van der Waals surface area contributed by atoms with Crippen LogP contribution in [-0.2, 0) is 6.42 Å². The van der Waals surface area contributed by atoms with Gasteiger partial charge in [0.15, 0.2) is 0 Å². The van der Waals surface area contributed by atoms with Crippen LogP contribution in [0, 0.1) is 0 Å². The largest absolute Gasteiger partial charge is 0.411 e. The van der Waals surface area contributed by atoms with Gasteiger partial charge in [-0.05, 0) is 30.9 Å². The third-order valence-electron chi connectivity index (χ3n) is 3.09. The number of oxime groups is 1. The van der Waals surface area contributed by atoms with E-state index in [2.05, 4.69) is 24.2 Å². The highest BCUT2D eigenvalue weighted by Gasteiger charge is 1.98. The quantitative estimate of drug-likeness (QED) is 0.322. The zero-order valence-corrected chi connectivity index (χ0v) is 10.9. The summed E-state index contributed by atoms with van der Waals surface area (Å²) in [6, 6.07) is 8.31. The first-order valence-corrected chi connectivity index (χ1v) is 6.56. The number of rotatable bonds is 7. The molecule has 0 aliphatic rings. The molecular formula is C15H23NO. The Morgan fingerprint density at radius 3 is 2.29 bits per heavy atom. The van der Waals surface area contributed by atoms with E-state index >= 15 is 0 Å². The van der Waals surface area contributed by atoms with Crippen molar-refractivity contribution < 1.29 is 5.21 Å². The molecule has 0 bridgehead atoms. The summed E-state index contributed by atoms with van der Waals surface area (Å²) >= 11 is 0. The Hall–Kier alpha value is -1.31. The Balaban J connectivity index is 2.35. The van der Waals surface area contributed by atoms with Crippen LogP contribution in [0.25, 0.3) is 0 Å². The van der Waals surface area contributed by atoms with E-state index in [0.717, 1.165) is 12.0 Å². The van der Waals surface area contributed by atoms with Crippen LogP contribution in [0.5, 0.6) is 0 Å². The van der Waals surface area contributed by atoms with Gasteiger partial charge < -0.3 is 5.21 Å². The lowest BCUT2D eigenvalue weighted by Gasteiger charge is -2.03. The first-order chi connectivity index (χ1) is 8.27. The highest BCUT2D eigenvalue weighted by atomic mass is 16.4. The number of benzene rings is 1. The van der Waals surface area contributed by atoms with Crippen molar-refractivity contribution in [3.8, 4) is 0 Å². The predicted molar refractivity (Wildman–Crippen MR) is 72.9 cm³/mol. The second-order valence-corrected chi connectivity index (χ2v) is 4.55. The minimum Gasteiger partial charge on any atom is -0.411 e. The SMILES string of the molecule is CCCCCCCc1ccc(/C(C)=N\O)cc1. The summed E-state index contributed by atoms with van der Waals surface area (Å²) < 4.78 is 0. The molecule has 2 heteroatoms. The lowest BCUT2D eigenvalue weighted by Crippen LogP contribution is -1.94. The first-order valence-electron chi connectivity index (χ1n) is 6.56. The molecule has 0 amide bonds. The third-order valence-corrected chi connectivity index (χ3v) is 3.09. The van der Waals surface area contributed by atoms with Crippen LogP contribution in [0.3, 0.4) is 0 Å². The second-order valence-electron chi connectivity index (χ2n) is 4.55. The van der Waals surface area contributed by atoms with Crippen molar-refractivity contribution in [2.45, 2.75) is 52.4 Å². The third kappa shape index (κ3) is 5.03. The Bertz CT molecular complexity index is 340. The van der Waals surface area contributed by atoms with E-state index < -0.39 is 0 Å². The van der Waals surface area contributed by atoms with Gasteiger partial charge in [0, 0.05) is 0 Å². The van der Waals surface area contributed by atoms with Crippen LogP contribution in [0.15, 0.2) is 29.4 Å². The van der Waals surface area contributed by atoms with Crippen LogP contribution < -0.4 is 0 Å². The second kappa shape index (κ2) is 7.88. The van der Waals surface area contributed by atoms with Crippen LogP contribution in [0.2, 0.25) is 0 Å². The summed E-state index contributed by atoms with van der Waals surface area (Å²) in [5.41, 5.74) is 3.03.